The van der Waals surface area contributed by atoms with Crippen molar-refractivity contribution in [2.24, 2.45) is 0 Å². The molecule has 2 N–H and O–H groups in total. The molecule has 0 fully saturated rings. The predicted molar refractivity (Wildman–Crippen MR) is 82.0 cm³/mol. The van der Waals surface area contributed by atoms with Gasteiger partial charge in [-0.3, -0.25) is 9.59 Å². The Morgan fingerprint density at radius 1 is 1.19 bits per heavy atom. The maximum atomic E-state index is 11.7. The van der Waals surface area contributed by atoms with Gasteiger partial charge in [0.1, 0.15) is 5.76 Å². The Balaban J connectivity index is 1.74. The van der Waals surface area contributed by atoms with E-state index in [-0.39, 0.29) is 11.8 Å². The number of rotatable bonds is 6. The number of anilines is 1. The first kappa shape index (κ1) is 15.2. The normalized spacial score (nSPS) is 10.1. The molecule has 21 heavy (non-hydrogen) atoms. The molecule has 0 atom stereocenters. The number of benzene rings is 1. The lowest BCUT2D eigenvalue weighted by molar-refractivity contribution is -0.118. The number of hydrogen-bond donors (Lipinski definition) is 2. The summed E-state index contributed by atoms with van der Waals surface area (Å²) in [5, 5.41) is 5.48. The van der Waals surface area contributed by atoms with Crippen LogP contribution < -0.4 is 10.6 Å². The lowest BCUT2D eigenvalue weighted by atomic mass is 10.3. The molecule has 2 rings (SSSR count). The van der Waals surface area contributed by atoms with Gasteiger partial charge in [-0.1, -0.05) is 0 Å². The van der Waals surface area contributed by atoms with E-state index in [4.69, 9.17) is 4.42 Å². The lowest BCUT2D eigenvalue weighted by Gasteiger charge is -2.05. The van der Waals surface area contributed by atoms with Crippen LogP contribution >= 0.6 is 11.8 Å². The standard InChI is InChI=1S/C15H16N2O3S/c1-11(18)17-12-4-6-14(7-5-12)21-10-15(19)16-9-13-3-2-8-20-13/h2-8H,9-10H2,1H3,(H,16,19)(H,17,18). The van der Waals surface area contributed by atoms with Gasteiger partial charge in [0.2, 0.25) is 11.8 Å². The molecule has 0 aliphatic heterocycles. The first-order valence-corrected chi connectivity index (χ1v) is 7.41. The zero-order valence-electron chi connectivity index (χ0n) is 11.6. The fourth-order valence-corrected chi connectivity index (χ4v) is 2.36. The van der Waals surface area contributed by atoms with Gasteiger partial charge in [0.15, 0.2) is 0 Å². The molecule has 2 aromatic rings. The third-order valence-electron chi connectivity index (χ3n) is 2.58. The molecule has 2 amide bonds. The maximum Gasteiger partial charge on any atom is 0.230 e. The smallest absolute Gasteiger partial charge is 0.230 e. The van der Waals surface area contributed by atoms with Crippen LogP contribution in [0, 0.1) is 0 Å². The Morgan fingerprint density at radius 3 is 2.57 bits per heavy atom. The molecule has 0 spiro atoms. The molecule has 5 nitrogen and oxygen atoms in total. The van der Waals surface area contributed by atoms with Crippen LogP contribution in [0.1, 0.15) is 12.7 Å². The minimum absolute atomic E-state index is 0.0534. The Morgan fingerprint density at radius 2 is 1.95 bits per heavy atom. The fourth-order valence-electron chi connectivity index (χ4n) is 1.64. The third-order valence-corrected chi connectivity index (χ3v) is 3.60. The van der Waals surface area contributed by atoms with E-state index in [9.17, 15) is 9.59 Å². The fraction of sp³-hybridized carbons (Fsp3) is 0.200. The molecule has 0 aliphatic rings. The van der Waals surface area contributed by atoms with Crippen molar-refractivity contribution in [2.45, 2.75) is 18.4 Å². The highest BCUT2D eigenvalue weighted by Crippen LogP contribution is 2.20. The van der Waals surface area contributed by atoms with Crippen LogP contribution in [-0.2, 0) is 16.1 Å². The molecule has 0 bridgehead atoms. The van der Waals surface area contributed by atoms with E-state index in [2.05, 4.69) is 10.6 Å². The van der Waals surface area contributed by atoms with Gasteiger partial charge in [-0.15, -0.1) is 11.8 Å². The summed E-state index contributed by atoms with van der Waals surface area (Å²) in [6.45, 7) is 1.86. The summed E-state index contributed by atoms with van der Waals surface area (Å²) in [6.07, 6.45) is 1.58. The summed E-state index contributed by atoms with van der Waals surface area (Å²) >= 11 is 1.44. The lowest BCUT2D eigenvalue weighted by Crippen LogP contribution is -2.24. The van der Waals surface area contributed by atoms with Gasteiger partial charge in [0.25, 0.3) is 0 Å². The zero-order valence-corrected chi connectivity index (χ0v) is 12.4. The van der Waals surface area contributed by atoms with Crippen molar-refractivity contribution in [3.63, 3.8) is 0 Å². The summed E-state index contributed by atoms with van der Waals surface area (Å²) in [5.74, 6) is 0.906. The molecule has 1 aromatic carbocycles. The number of carbonyl (C=O) groups excluding carboxylic acids is 2. The first-order valence-electron chi connectivity index (χ1n) is 6.43. The van der Waals surface area contributed by atoms with Crippen molar-refractivity contribution in [2.75, 3.05) is 11.1 Å². The van der Waals surface area contributed by atoms with Crippen LogP contribution in [0.25, 0.3) is 0 Å². The largest absolute Gasteiger partial charge is 0.467 e. The molecule has 0 saturated carbocycles. The number of furan rings is 1. The van der Waals surface area contributed by atoms with E-state index in [1.54, 1.807) is 12.3 Å². The van der Waals surface area contributed by atoms with E-state index in [1.165, 1.54) is 18.7 Å². The minimum Gasteiger partial charge on any atom is -0.467 e. The molecule has 6 heteroatoms. The van der Waals surface area contributed by atoms with Crippen molar-refractivity contribution in [3.8, 4) is 0 Å². The summed E-state index contributed by atoms with van der Waals surface area (Å²) < 4.78 is 5.14. The number of carbonyl (C=O) groups is 2. The maximum absolute atomic E-state index is 11.7. The van der Waals surface area contributed by atoms with E-state index in [0.29, 0.717) is 12.3 Å². The number of nitrogens with one attached hydrogen (secondary N) is 2. The van der Waals surface area contributed by atoms with Crippen molar-refractivity contribution < 1.29 is 14.0 Å². The molecule has 0 saturated heterocycles. The van der Waals surface area contributed by atoms with Crippen LogP contribution in [0.5, 0.6) is 0 Å². The molecule has 0 radical (unpaired) electrons. The summed E-state index contributed by atoms with van der Waals surface area (Å²) in [5.41, 5.74) is 0.745. The third kappa shape index (κ3) is 5.35. The number of hydrogen-bond acceptors (Lipinski definition) is 4. The average molecular weight is 304 g/mol. The number of amides is 2. The number of thioether (sulfide) groups is 1. The van der Waals surface area contributed by atoms with Crippen molar-refractivity contribution in [3.05, 3.63) is 48.4 Å². The Kier molecular flexibility index (Phi) is 5.45. The van der Waals surface area contributed by atoms with Gasteiger partial charge in [0.05, 0.1) is 18.6 Å². The van der Waals surface area contributed by atoms with E-state index >= 15 is 0 Å². The molecule has 1 aromatic heterocycles. The molecular formula is C15H16N2O3S. The predicted octanol–water partition coefficient (Wildman–Crippen LogP) is 2.65. The van der Waals surface area contributed by atoms with E-state index in [0.717, 1.165) is 16.3 Å². The van der Waals surface area contributed by atoms with Crippen LogP contribution in [0.3, 0.4) is 0 Å². The van der Waals surface area contributed by atoms with Crippen LogP contribution in [0.2, 0.25) is 0 Å². The SMILES string of the molecule is CC(=O)Nc1ccc(SCC(=O)NCc2ccco2)cc1. The second-order valence-electron chi connectivity index (χ2n) is 4.35. The molecule has 0 unspecified atom stereocenters. The second kappa shape index (κ2) is 7.54. The Bertz CT molecular complexity index is 594. The summed E-state index contributed by atoms with van der Waals surface area (Å²) in [6, 6.07) is 11.0. The van der Waals surface area contributed by atoms with E-state index in [1.807, 2.05) is 30.3 Å². The monoisotopic (exact) mass is 304 g/mol. The average Bonchev–Trinajstić information content (AvgIpc) is 2.97. The van der Waals surface area contributed by atoms with Gasteiger partial charge in [-0.2, -0.15) is 0 Å². The van der Waals surface area contributed by atoms with Crippen LogP contribution in [0.15, 0.2) is 52.0 Å². The second-order valence-corrected chi connectivity index (χ2v) is 5.40. The van der Waals surface area contributed by atoms with Gasteiger partial charge in [-0.05, 0) is 36.4 Å². The van der Waals surface area contributed by atoms with Crippen molar-refractivity contribution in [1.82, 2.24) is 5.32 Å². The zero-order chi connectivity index (χ0) is 15.1. The van der Waals surface area contributed by atoms with Gasteiger partial charge < -0.3 is 15.1 Å². The van der Waals surface area contributed by atoms with Gasteiger partial charge in [0, 0.05) is 17.5 Å². The first-order chi connectivity index (χ1) is 10.1. The Labute approximate surface area is 127 Å². The Hall–Kier alpha value is -2.21. The van der Waals surface area contributed by atoms with Crippen molar-refractivity contribution in [1.29, 1.82) is 0 Å². The van der Waals surface area contributed by atoms with Crippen LogP contribution in [0.4, 0.5) is 5.69 Å². The summed E-state index contributed by atoms with van der Waals surface area (Å²) in [7, 11) is 0. The molecule has 110 valence electrons. The topological polar surface area (TPSA) is 71.3 Å². The van der Waals surface area contributed by atoms with E-state index < -0.39 is 0 Å². The molecule has 0 aliphatic carbocycles. The quantitative estimate of drug-likeness (QED) is 0.805. The molecular weight excluding hydrogens is 288 g/mol. The van der Waals surface area contributed by atoms with Crippen molar-refractivity contribution >= 4 is 29.3 Å². The minimum atomic E-state index is -0.104. The van der Waals surface area contributed by atoms with Crippen LogP contribution in [-0.4, -0.2) is 17.6 Å². The molecule has 1 heterocycles. The highest BCUT2D eigenvalue weighted by molar-refractivity contribution is 8.00. The highest BCUT2D eigenvalue weighted by Gasteiger charge is 2.04. The summed E-state index contributed by atoms with van der Waals surface area (Å²) in [4.78, 5) is 23.6. The highest BCUT2D eigenvalue weighted by atomic mass is 32.2. The van der Waals surface area contributed by atoms with Gasteiger partial charge in [-0.25, -0.2) is 0 Å². The van der Waals surface area contributed by atoms with Gasteiger partial charge >= 0.3 is 0 Å².